The van der Waals surface area contributed by atoms with E-state index in [2.05, 4.69) is 15.8 Å². The van der Waals surface area contributed by atoms with Gasteiger partial charge >= 0.3 is 0 Å². The topological polar surface area (TPSA) is 103 Å². The zero-order valence-electron chi connectivity index (χ0n) is 18.5. The normalized spacial score (nSPS) is 10.6. The summed E-state index contributed by atoms with van der Waals surface area (Å²) in [5.41, 5.74) is 1.81. The molecule has 2 amide bonds. The van der Waals surface area contributed by atoms with E-state index >= 15 is 0 Å². The zero-order valence-corrected chi connectivity index (χ0v) is 18.5. The SMILES string of the molecule is COc1ccc(C)cc1NC(=O)c1cc2ccccc2cc1OCC(=O)Nc1cc(C)on1. The molecular formula is C25H23N3O5. The highest BCUT2D eigenvalue weighted by atomic mass is 16.5. The smallest absolute Gasteiger partial charge is 0.263 e. The number of ether oxygens (including phenoxy) is 2. The van der Waals surface area contributed by atoms with Gasteiger partial charge in [-0.2, -0.15) is 0 Å². The average Bonchev–Trinajstić information content (AvgIpc) is 3.21. The Labute approximate surface area is 190 Å². The Hall–Kier alpha value is -4.33. The molecule has 3 aromatic carbocycles. The van der Waals surface area contributed by atoms with Crippen molar-refractivity contribution in [2.24, 2.45) is 0 Å². The summed E-state index contributed by atoms with van der Waals surface area (Å²) in [7, 11) is 1.54. The zero-order chi connectivity index (χ0) is 23.4. The second-order valence-corrected chi connectivity index (χ2v) is 7.51. The third kappa shape index (κ3) is 5.12. The van der Waals surface area contributed by atoms with Crippen molar-refractivity contribution in [3.63, 3.8) is 0 Å². The van der Waals surface area contributed by atoms with E-state index in [-0.39, 0.29) is 18.3 Å². The number of hydrogen-bond donors (Lipinski definition) is 2. The number of rotatable bonds is 7. The first-order chi connectivity index (χ1) is 15.9. The molecule has 0 aliphatic carbocycles. The molecule has 0 aliphatic rings. The molecule has 0 fully saturated rings. The number of amides is 2. The number of carbonyl (C=O) groups is 2. The molecule has 0 spiro atoms. The molecule has 8 heteroatoms. The number of benzene rings is 3. The maximum Gasteiger partial charge on any atom is 0.263 e. The van der Waals surface area contributed by atoms with Gasteiger partial charge in [-0.15, -0.1) is 0 Å². The average molecular weight is 445 g/mol. The molecule has 0 radical (unpaired) electrons. The minimum absolute atomic E-state index is 0.282. The van der Waals surface area contributed by atoms with Crippen molar-refractivity contribution in [1.29, 1.82) is 0 Å². The summed E-state index contributed by atoms with van der Waals surface area (Å²) in [5.74, 6) is 0.884. The van der Waals surface area contributed by atoms with Crippen LogP contribution in [0.15, 0.2) is 65.2 Å². The Bertz CT molecular complexity index is 1330. The van der Waals surface area contributed by atoms with Crippen LogP contribution in [0.4, 0.5) is 11.5 Å². The highest BCUT2D eigenvalue weighted by Crippen LogP contribution is 2.30. The molecule has 0 saturated heterocycles. The number of fused-ring (bicyclic) bond motifs is 1. The maximum atomic E-state index is 13.2. The van der Waals surface area contributed by atoms with Crippen LogP contribution in [0.3, 0.4) is 0 Å². The minimum atomic E-state index is -0.428. The van der Waals surface area contributed by atoms with Crippen LogP contribution in [0.2, 0.25) is 0 Å². The Balaban J connectivity index is 1.59. The quantitative estimate of drug-likeness (QED) is 0.427. The fraction of sp³-hybridized carbons (Fsp3) is 0.160. The van der Waals surface area contributed by atoms with Gasteiger partial charge in [-0.1, -0.05) is 35.5 Å². The van der Waals surface area contributed by atoms with Crippen LogP contribution in [-0.4, -0.2) is 30.7 Å². The molecule has 2 N–H and O–H groups in total. The number of nitrogens with one attached hydrogen (secondary N) is 2. The van der Waals surface area contributed by atoms with Crippen molar-refractivity contribution in [2.45, 2.75) is 13.8 Å². The van der Waals surface area contributed by atoms with Gasteiger partial charge in [0.05, 0.1) is 18.4 Å². The third-order valence-corrected chi connectivity index (χ3v) is 4.95. The summed E-state index contributed by atoms with van der Waals surface area (Å²) < 4.78 is 16.1. The summed E-state index contributed by atoms with van der Waals surface area (Å²) in [6, 6.07) is 18.2. The minimum Gasteiger partial charge on any atom is -0.495 e. The van der Waals surface area contributed by atoms with Crippen molar-refractivity contribution in [3.8, 4) is 11.5 Å². The van der Waals surface area contributed by atoms with E-state index in [0.29, 0.717) is 28.6 Å². The number of anilines is 2. The van der Waals surface area contributed by atoms with Gasteiger partial charge in [-0.25, -0.2) is 0 Å². The van der Waals surface area contributed by atoms with E-state index in [4.69, 9.17) is 14.0 Å². The Morgan fingerprint density at radius 2 is 1.70 bits per heavy atom. The molecule has 0 unspecified atom stereocenters. The predicted molar refractivity (Wildman–Crippen MR) is 125 cm³/mol. The van der Waals surface area contributed by atoms with Crippen molar-refractivity contribution in [3.05, 3.63) is 77.6 Å². The van der Waals surface area contributed by atoms with Crippen LogP contribution in [-0.2, 0) is 4.79 Å². The molecule has 33 heavy (non-hydrogen) atoms. The number of aromatic nitrogens is 1. The summed E-state index contributed by atoms with van der Waals surface area (Å²) >= 11 is 0. The standard InChI is InChI=1S/C25H23N3O5/c1-15-8-9-21(31-3)20(10-15)26-25(30)19-12-17-6-4-5-7-18(17)13-22(19)32-14-24(29)27-23-11-16(2)33-28-23/h4-13H,14H2,1-3H3,(H,26,30)(H,27,28,29). The molecule has 0 atom stereocenters. The third-order valence-electron chi connectivity index (χ3n) is 4.95. The second-order valence-electron chi connectivity index (χ2n) is 7.51. The molecule has 4 rings (SSSR count). The molecular weight excluding hydrogens is 422 g/mol. The predicted octanol–water partition coefficient (Wildman–Crippen LogP) is 4.72. The lowest BCUT2D eigenvalue weighted by atomic mass is 10.0. The fourth-order valence-corrected chi connectivity index (χ4v) is 3.37. The molecule has 168 valence electrons. The van der Waals surface area contributed by atoms with Gasteiger partial charge in [-0.05, 0) is 54.4 Å². The van der Waals surface area contributed by atoms with Crippen LogP contribution in [0.1, 0.15) is 21.7 Å². The molecule has 0 bridgehead atoms. The van der Waals surface area contributed by atoms with Crippen LogP contribution < -0.4 is 20.1 Å². The Kier molecular flexibility index (Phi) is 6.26. The van der Waals surface area contributed by atoms with E-state index < -0.39 is 5.91 Å². The lowest BCUT2D eigenvalue weighted by Gasteiger charge is -2.15. The fourth-order valence-electron chi connectivity index (χ4n) is 3.37. The van der Waals surface area contributed by atoms with Gasteiger partial charge in [0.15, 0.2) is 12.4 Å². The molecule has 1 aromatic heterocycles. The monoisotopic (exact) mass is 445 g/mol. The van der Waals surface area contributed by atoms with Crippen molar-refractivity contribution < 1.29 is 23.6 Å². The van der Waals surface area contributed by atoms with Crippen molar-refractivity contribution in [2.75, 3.05) is 24.4 Å². The van der Waals surface area contributed by atoms with E-state index in [0.717, 1.165) is 16.3 Å². The Morgan fingerprint density at radius 3 is 2.39 bits per heavy atom. The number of aryl methyl sites for hydroxylation is 2. The summed E-state index contributed by atoms with van der Waals surface area (Å²) in [6.07, 6.45) is 0. The van der Waals surface area contributed by atoms with E-state index in [1.807, 2.05) is 43.3 Å². The van der Waals surface area contributed by atoms with Gasteiger partial charge in [0.25, 0.3) is 11.8 Å². The van der Waals surface area contributed by atoms with Crippen molar-refractivity contribution >= 4 is 34.1 Å². The van der Waals surface area contributed by atoms with Gasteiger partial charge < -0.3 is 24.6 Å². The van der Waals surface area contributed by atoms with Gasteiger partial charge in [-0.3, -0.25) is 9.59 Å². The molecule has 1 heterocycles. The number of carbonyl (C=O) groups excluding carboxylic acids is 2. The van der Waals surface area contributed by atoms with Crippen LogP contribution in [0, 0.1) is 13.8 Å². The molecule has 0 saturated carbocycles. The molecule has 8 nitrogen and oxygen atoms in total. The maximum absolute atomic E-state index is 13.2. The van der Waals surface area contributed by atoms with Crippen LogP contribution in [0.25, 0.3) is 10.8 Å². The first-order valence-electron chi connectivity index (χ1n) is 10.3. The lowest BCUT2D eigenvalue weighted by Crippen LogP contribution is -2.22. The van der Waals surface area contributed by atoms with Gasteiger partial charge in [0.2, 0.25) is 0 Å². The van der Waals surface area contributed by atoms with Crippen molar-refractivity contribution in [1.82, 2.24) is 5.16 Å². The van der Waals surface area contributed by atoms with Crippen LogP contribution in [0.5, 0.6) is 11.5 Å². The largest absolute Gasteiger partial charge is 0.495 e. The highest BCUT2D eigenvalue weighted by Gasteiger charge is 2.18. The number of nitrogens with zero attached hydrogens (tertiary/aromatic N) is 1. The van der Waals surface area contributed by atoms with E-state index in [1.165, 1.54) is 0 Å². The summed E-state index contributed by atoms with van der Waals surface area (Å²) in [6.45, 7) is 3.34. The van der Waals surface area contributed by atoms with Crippen LogP contribution >= 0.6 is 0 Å². The molecule has 0 aliphatic heterocycles. The first kappa shape index (κ1) is 21.9. The first-order valence-corrected chi connectivity index (χ1v) is 10.3. The number of hydrogen-bond acceptors (Lipinski definition) is 6. The number of methoxy groups -OCH3 is 1. The summed E-state index contributed by atoms with van der Waals surface area (Å²) in [4.78, 5) is 25.5. The molecule has 4 aromatic rings. The van der Waals surface area contributed by atoms with Gasteiger partial charge in [0, 0.05) is 6.07 Å². The second kappa shape index (κ2) is 9.44. The summed E-state index contributed by atoms with van der Waals surface area (Å²) in [5, 5.41) is 11.0. The highest BCUT2D eigenvalue weighted by molar-refractivity contribution is 6.09. The Morgan fingerprint density at radius 1 is 0.939 bits per heavy atom. The van der Waals surface area contributed by atoms with Gasteiger partial charge in [0.1, 0.15) is 17.3 Å². The van der Waals surface area contributed by atoms with E-state index in [9.17, 15) is 9.59 Å². The van der Waals surface area contributed by atoms with E-state index in [1.54, 1.807) is 38.3 Å². The lowest BCUT2D eigenvalue weighted by molar-refractivity contribution is -0.118.